The first kappa shape index (κ1) is 11.3. The minimum Gasteiger partial charge on any atom is -0.0950 e. The lowest BCUT2D eigenvalue weighted by atomic mass is 9.70. The van der Waals surface area contributed by atoms with Gasteiger partial charge in [0.25, 0.3) is 0 Å². The van der Waals surface area contributed by atoms with Crippen molar-refractivity contribution in [2.24, 2.45) is 11.8 Å². The molecule has 0 N–H and O–H groups in total. The second-order valence-electron chi connectivity index (χ2n) is 4.90. The van der Waals surface area contributed by atoms with Crippen LogP contribution in [0.2, 0.25) is 0 Å². The quantitative estimate of drug-likeness (QED) is 0.575. The summed E-state index contributed by atoms with van der Waals surface area (Å²) >= 11 is 0. The van der Waals surface area contributed by atoms with Crippen LogP contribution in [0.1, 0.15) is 40.5 Å². The van der Waals surface area contributed by atoms with Crippen molar-refractivity contribution in [3.05, 3.63) is 35.5 Å². The first-order valence-corrected chi connectivity index (χ1v) is 5.46. The molecule has 1 aliphatic rings. The molecule has 0 saturated heterocycles. The van der Waals surface area contributed by atoms with Gasteiger partial charge in [0.2, 0.25) is 0 Å². The molecule has 1 aliphatic carbocycles. The smallest absolute Gasteiger partial charge is 0.0157 e. The summed E-state index contributed by atoms with van der Waals surface area (Å²) in [7, 11) is 0. The Morgan fingerprint density at radius 1 is 1.07 bits per heavy atom. The molecule has 0 amide bonds. The van der Waals surface area contributed by atoms with Crippen molar-refractivity contribution in [1.29, 1.82) is 0 Å². The molecule has 1 fully saturated rings. The van der Waals surface area contributed by atoms with Crippen LogP contribution in [-0.4, -0.2) is 0 Å². The predicted octanol–water partition coefficient (Wildman–Crippen LogP) is 4.50. The Bertz CT molecular complexity index is 281. The molecule has 0 aromatic heterocycles. The Balaban J connectivity index is 2.63. The molecule has 14 heavy (non-hydrogen) atoms. The second-order valence-corrected chi connectivity index (χ2v) is 4.90. The van der Waals surface area contributed by atoms with Crippen LogP contribution in [0.5, 0.6) is 0 Å². The van der Waals surface area contributed by atoms with Crippen molar-refractivity contribution < 1.29 is 0 Å². The van der Waals surface area contributed by atoms with Gasteiger partial charge in [0, 0.05) is 0 Å². The van der Waals surface area contributed by atoms with E-state index in [1.165, 1.54) is 35.1 Å². The lowest BCUT2D eigenvalue weighted by Gasteiger charge is -2.35. The molecule has 0 aliphatic heterocycles. The van der Waals surface area contributed by atoms with Crippen LogP contribution in [0.15, 0.2) is 35.5 Å². The van der Waals surface area contributed by atoms with Crippen molar-refractivity contribution >= 4 is 0 Å². The summed E-state index contributed by atoms with van der Waals surface area (Å²) in [4.78, 5) is 0. The van der Waals surface area contributed by atoms with E-state index in [4.69, 9.17) is 0 Å². The Morgan fingerprint density at radius 2 is 1.57 bits per heavy atom. The second kappa shape index (κ2) is 4.16. The Labute approximate surface area is 88.4 Å². The average Bonchev–Trinajstić information content (AvgIpc) is 2.09. The van der Waals surface area contributed by atoms with Crippen LogP contribution in [0.4, 0.5) is 0 Å². The molecule has 78 valence electrons. The minimum absolute atomic E-state index is 0.701. The molecule has 0 atom stereocenters. The van der Waals surface area contributed by atoms with Gasteiger partial charge in [-0.1, -0.05) is 25.7 Å². The monoisotopic (exact) mass is 190 g/mol. The van der Waals surface area contributed by atoms with Crippen LogP contribution in [0, 0.1) is 11.8 Å². The third-order valence-corrected chi connectivity index (χ3v) is 3.46. The van der Waals surface area contributed by atoms with Crippen molar-refractivity contribution in [3.63, 3.8) is 0 Å². The topological polar surface area (TPSA) is 0 Å². The highest BCUT2D eigenvalue weighted by molar-refractivity contribution is 5.45. The molecule has 0 bridgehead atoms. The van der Waals surface area contributed by atoms with E-state index >= 15 is 0 Å². The summed E-state index contributed by atoms with van der Waals surface area (Å²) in [5, 5.41) is 0. The van der Waals surface area contributed by atoms with Gasteiger partial charge in [-0.3, -0.25) is 0 Å². The fraction of sp³-hybridized carbons (Fsp3) is 0.571. The fourth-order valence-corrected chi connectivity index (χ4v) is 1.98. The zero-order valence-electron chi connectivity index (χ0n) is 9.98. The van der Waals surface area contributed by atoms with Crippen LogP contribution in [-0.2, 0) is 0 Å². The fourth-order valence-electron chi connectivity index (χ4n) is 1.98. The van der Waals surface area contributed by atoms with Gasteiger partial charge in [-0.2, -0.15) is 0 Å². The van der Waals surface area contributed by atoms with Crippen LogP contribution in [0.25, 0.3) is 0 Å². The van der Waals surface area contributed by atoms with Gasteiger partial charge in [-0.15, -0.1) is 0 Å². The highest BCUT2D eigenvalue weighted by Crippen LogP contribution is 2.41. The molecule has 0 spiro atoms. The maximum atomic E-state index is 4.18. The Hall–Kier alpha value is -0.780. The molecule has 0 heterocycles. The van der Waals surface area contributed by atoms with Gasteiger partial charge in [-0.25, -0.2) is 0 Å². The van der Waals surface area contributed by atoms with E-state index in [1.54, 1.807) is 0 Å². The maximum Gasteiger partial charge on any atom is -0.0157 e. The number of hydrogen-bond acceptors (Lipinski definition) is 0. The van der Waals surface area contributed by atoms with Gasteiger partial charge in [-0.05, 0) is 62.2 Å². The first-order chi connectivity index (χ1) is 6.43. The first-order valence-electron chi connectivity index (χ1n) is 5.46. The van der Waals surface area contributed by atoms with E-state index in [0.29, 0.717) is 5.92 Å². The van der Waals surface area contributed by atoms with Gasteiger partial charge in [0.05, 0.1) is 0 Å². The molecule has 1 saturated carbocycles. The number of allylic oxidation sites excluding steroid dienone is 4. The lowest BCUT2D eigenvalue weighted by molar-refractivity contribution is 0.253. The zero-order valence-corrected chi connectivity index (χ0v) is 9.98. The summed E-state index contributed by atoms with van der Waals surface area (Å²) in [6, 6.07) is 0. The third-order valence-electron chi connectivity index (χ3n) is 3.46. The molecular formula is C14H22. The molecule has 0 unspecified atom stereocenters. The van der Waals surface area contributed by atoms with Crippen molar-refractivity contribution in [2.45, 2.75) is 40.5 Å². The summed E-state index contributed by atoms with van der Waals surface area (Å²) in [5.74, 6) is 1.59. The molecule has 0 heteroatoms. The molecule has 0 aromatic carbocycles. The Morgan fingerprint density at radius 3 is 1.93 bits per heavy atom. The van der Waals surface area contributed by atoms with Crippen molar-refractivity contribution in [3.8, 4) is 0 Å². The molecule has 0 radical (unpaired) electrons. The van der Waals surface area contributed by atoms with E-state index in [2.05, 4.69) is 40.9 Å². The van der Waals surface area contributed by atoms with E-state index < -0.39 is 0 Å². The van der Waals surface area contributed by atoms with Crippen molar-refractivity contribution in [1.82, 2.24) is 0 Å². The van der Waals surface area contributed by atoms with E-state index in [0.717, 1.165) is 5.92 Å². The molecule has 0 nitrogen and oxygen atoms in total. The SMILES string of the molecule is C=C(C(=C)C1CC(C)C1)C(C)=C(C)C. The summed E-state index contributed by atoms with van der Waals surface area (Å²) in [5.41, 5.74) is 5.10. The highest BCUT2D eigenvalue weighted by Gasteiger charge is 2.28. The normalized spacial score (nSPS) is 25.1. The average molecular weight is 190 g/mol. The van der Waals surface area contributed by atoms with E-state index in [1.807, 2.05) is 0 Å². The standard InChI is InChI=1S/C14H22/c1-9(2)11(4)12(5)13(6)14-7-10(3)8-14/h10,14H,5-8H2,1-4H3. The van der Waals surface area contributed by atoms with Gasteiger partial charge >= 0.3 is 0 Å². The van der Waals surface area contributed by atoms with E-state index in [9.17, 15) is 0 Å². The van der Waals surface area contributed by atoms with E-state index in [-0.39, 0.29) is 0 Å². The summed E-state index contributed by atoms with van der Waals surface area (Å²) < 4.78 is 0. The zero-order chi connectivity index (χ0) is 10.9. The van der Waals surface area contributed by atoms with Crippen LogP contribution in [0.3, 0.4) is 0 Å². The third kappa shape index (κ3) is 2.17. The predicted molar refractivity (Wildman–Crippen MR) is 64.2 cm³/mol. The maximum absolute atomic E-state index is 4.18. The van der Waals surface area contributed by atoms with Gasteiger partial charge in [0.15, 0.2) is 0 Å². The van der Waals surface area contributed by atoms with Gasteiger partial charge in [0.1, 0.15) is 0 Å². The molecule has 0 aromatic rings. The highest BCUT2D eigenvalue weighted by atomic mass is 14.3. The van der Waals surface area contributed by atoms with Crippen LogP contribution < -0.4 is 0 Å². The largest absolute Gasteiger partial charge is 0.0950 e. The molecular weight excluding hydrogens is 168 g/mol. The molecule has 1 rings (SSSR count). The summed E-state index contributed by atoms with van der Waals surface area (Å²) in [6.07, 6.45) is 2.60. The number of rotatable bonds is 3. The number of hydrogen-bond donors (Lipinski definition) is 0. The van der Waals surface area contributed by atoms with Crippen molar-refractivity contribution in [2.75, 3.05) is 0 Å². The van der Waals surface area contributed by atoms with Crippen LogP contribution >= 0.6 is 0 Å². The summed E-state index contributed by atoms with van der Waals surface area (Å²) in [6.45, 7) is 17.0. The minimum atomic E-state index is 0.701. The Kier molecular flexibility index (Phi) is 3.36. The lowest BCUT2D eigenvalue weighted by Crippen LogP contribution is -2.23. The van der Waals surface area contributed by atoms with Gasteiger partial charge < -0.3 is 0 Å².